The minimum absolute atomic E-state index is 0.0244. The summed E-state index contributed by atoms with van der Waals surface area (Å²) in [7, 11) is 0. The molecule has 0 saturated carbocycles. The number of carbonyl (C=O) groups is 3. The second-order valence-electron chi connectivity index (χ2n) is 5.71. The third-order valence-corrected chi connectivity index (χ3v) is 4.70. The van der Waals surface area contributed by atoms with Crippen LogP contribution >= 0.6 is 11.8 Å². The van der Waals surface area contributed by atoms with Gasteiger partial charge in [-0.05, 0) is 29.8 Å². The van der Waals surface area contributed by atoms with Crippen LogP contribution in [0, 0.1) is 0 Å². The Balaban J connectivity index is 1.48. The summed E-state index contributed by atoms with van der Waals surface area (Å²) in [5.41, 5.74) is 2.02. The quantitative estimate of drug-likeness (QED) is 0.791. The highest BCUT2D eigenvalue weighted by Crippen LogP contribution is 2.17. The summed E-state index contributed by atoms with van der Waals surface area (Å²) in [6.45, 7) is 0.655. The van der Waals surface area contributed by atoms with Gasteiger partial charge < -0.3 is 15.0 Å². The largest absolute Gasteiger partial charge is 0.459 e. The summed E-state index contributed by atoms with van der Waals surface area (Å²) >= 11 is 1.21. The first-order valence-electron chi connectivity index (χ1n) is 8.14. The van der Waals surface area contributed by atoms with E-state index in [9.17, 15) is 14.4 Å². The molecule has 26 heavy (non-hydrogen) atoms. The Morgan fingerprint density at radius 2 is 1.81 bits per heavy atom. The minimum atomic E-state index is -0.438. The second-order valence-corrected chi connectivity index (χ2v) is 6.76. The van der Waals surface area contributed by atoms with Crippen LogP contribution in [0.2, 0.25) is 0 Å². The Morgan fingerprint density at radius 1 is 1.08 bits per heavy atom. The van der Waals surface area contributed by atoms with Crippen molar-refractivity contribution in [1.82, 2.24) is 4.90 Å². The van der Waals surface area contributed by atoms with E-state index in [0.29, 0.717) is 17.9 Å². The molecule has 7 heteroatoms. The Kier molecular flexibility index (Phi) is 5.91. The molecule has 3 rings (SSSR count). The van der Waals surface area contributed by atoms with Gasteiger partial charge in [0.25, 0.3) is 11.1 Å². The second kappa shape index (κ2) is 8.53. The molecule has 1 aliphatic heterocycles. The van der Waals surface area contributed by atoms with Crippen LogP contribution in [-0.2, 0) is 16.1 Å². The molecule has 0 aliphatic carbocycles. The number of thioether (sulfide) groups is 1. The van der Waals surface area contributed by atoms with Crippen LogP contribution in [0.15, 0.2) is 54.6 Å². The number of benzene rings is 2. The van der Waals surface area contributed by atoms with Crippen LogP contribution in [0.4, 0.5) is 10.5 Å². The van der Waals surface area contributed by atoms with Gasteiger partial charge in [-0.1, -0.05) is 42.1 Å². The lowest BCUT2D eigenvalue weighted by Gasteiger charge is -2.13. The van der Waals surface area contributed by atoms with Gasteiger partial charge in [0.2, 0.25) is 0 Å². The van der Waals surface area contributed by atoms with E-state index in [0.717, 1.165) is 11.3 Å². The molecule has 2 amide bonds. The molecule has 1 fully saturated rings. The minimum Gasteiger partial charge on any atom is -0.459 e. The van der Waals surface area contributed by atoms with Crippen LogP contribution < -0.4 is 5.32 Å². The molecule has 0 radical (unpaired) electrons. The van der Waals surface area contributed by atoms with Gasteiger partial charge in [0.05, 0.1) is 0 Å². The summed E-state index contributed by atoms with van der Waals surface area (Å²) in [5.74, 6) is 0.0649. The molecule has 0 atom stereocenters. The first kappa shape index (κ1) is 18.0. The number of anilines is 1. The fourth-order valence-electron chi connectivity index (χ4n) is 2.41. The topological polar surface area (TPSA) is 75.7 Å². The Hall–Kier alpha value is -2.80. The van der Waals surface area contributed by atoms with Gasteiger partial charge >= 0.3 is 5.97 Å². The lowest BCUT2D eigenvalue weighted by atomic mass is 10.1. The Labute approximate surface area is 155 Å². The zero-order valence-corrected chi connectivity index (χ0v) is 14.8. The van der Waals surface area contributed by atoms with Gasteiger partial charge in [0, 0.05) is 23.5 Å². The van der Waals surface area contributed by atoms with E-state index in [1.165, 1.54) is 16.7 Å². The molecule has 134 valence electrons. The predicted molar refractivity (Wildman–Crippen MR) is 100 cm³/mol. The van der Waals surface area contributed by atoms with E-state index in [4.69, 9.17) is 4.74 Å². The van der Waals surface area contributed by atoms with Crippen molar-refractivity contribution in [1.29, 1.82) is 0 Å². The van der Waals surface area contributed by atoms with Crippen molar-refractivity contribution in [2.45, 2.75) is 6.61 Å². The molecule has 0 aromatic heterocycles. The van der Waals surface area contributed by atoms with Gasteiger partial charge in [-0.15, -0.1) is 0 Å². The average Bonchev–Trinajstić information content (AvgIpc) is 3.06. The standard InChI is InChI=1S/C19H18N2O4S/c22-17(12-21-10-11-26-19(21)24)25-13-14-6-8-15(9-7-14)18(23)20-16-4-2-1-3-5-16/h1-9H,10-13H2,(H,20,23). The maximum Gasteiger partial charge on any atom is 0.326 e. The van der Waals surface area contributed by atoms with Gasteiger partial charge in [0.15, 0.2) is 0 Å². The number of amides is 2. The maximum absolute atomic E-state index is 12.2. The fraction of sp³-hybridized carbons (Fsp3) is 0.211. The first-order chi connectivity index (χ1) is 12.6. The number of hydrogen-bond acceptors (Lipinski definition) is 5. The number of nitrogens with one attached hydrogen (secondary N) is 1. The third-order valence-electron chi connectivity index (χ3n) is 3.81. The lowest BCUT2D eigenvalue weighted by Crippen LogP contribution is -2.30. The van der Waals surface area contributed by atoms with E-state index in [-0.39, 0.29) is 24.3 Å². The van der Waals surface area contributed by atoms with E-state index in [2.05, 4.69) is 5.32 Å². The molecule has 0 bridgehead atoms. The molecule has 1 N–H and O–H groups in total. The summed E-state index contributed by atoms with van der Waals surface area (Å²) < 4.78 is 5.19. The molecular weight excluding hydrogens is 352 g/mol. The third kappa shape index (κ3) is 4.86. The van der Waals surface area contributed by atoms with E-state index >= 15 is 0 Å². The van der Waals surface area contributed by atoms with Crippen LogP contribution in [0.25, 0.3) is 0 Å². The zero-order chi connectivity index (χ0) is 18.4. The zero-order valence-electron chi connectivity index (χ0n) is 14.0. The maximum atomic E-state index is 12.2. The number of para-hydroxylation sites is 1. The lowest BCUT2D eigenvalue weighted by molar-refractivity contribution is -0.145. The van der Waals surface area contributed by atoms with Crippen molar-refractivity contribution in [3.63, 3.8) is 0 Å². The van der Waals surface area contributed by atoms with Crippen molar-refractivity contribution in [2.75, 3.05) is 24.2 Å². The highest BCUT2D eigenvalue weighted by Gasteiger charge is 2.23. The van der Waals surface area contributed by atoms with Crippen molar-refractivity contribution < 1.29 is 19.1 Å². The molecule has 6 nitrogen and oxygen atoms in total. The number of hydrogen-bond donors (Lipinski definition) is 1. The van der Waals surface area contributed by atoms with Gasteiger partial charge in [-0.2, -0.15) is 0 Å². The van der Waals surface area contributed by atoms with Crippen LogP contribution in [-0.4, -0.2) is 40.9 Å². The number of rotatable bonds is 6. The fourth-order valence-corrected chi connectivity index (χ4v) is 3.24. The molecule has 0 spiro atoms. The highest BCUT2D eigenvalue weighted by atomic mass is 32.2. The Bertz CT molecular complexity index is 793. The molecule has 1 aliphatic rings. The molecule has 2 aromatic carbocycles. The molecule has 2 aromatic rings. The van der Waals surface area contributed by atoms with Gasteiger partial charge in [0.1, 0.15) is 13.2 Å². The number of esters is 1. The van der Waals surface area contributed by atoms with Crippen molar-refractivity contribution in [3.8, 4) is 0 Å². The molecular formula is C19H18N2O4S. The van der Waals surface area contributed by atoms with Crippen LogP contribution in [0.5, 0.6) is 0 Å². The van der Waals surface area contributed by atoms with Gasteiger partial charge in [-0.25, -0.2) is 0 Å². The smallest absolute Gasteiger partial charge is 0.326 e. The SMILES string of the molecule is O=C(CN1CCSC1=O)OCc1ccc(C(=O)Nc2ccccc2)cc1. The molecule has 0 unspecified atom stereocenters. The van der Waals surface area contributed by atoms with Crippen molar-refractivity contribution >= 4 is 34.6 Å². The summed E-state index contributed by atoms with van der Waals surface area (Å²) in [6, 6.07) is 16.1. The van der Waals surface area contributed by atoms with Crippen LogP contribution in [0.1, 0.15) is 15.9 Å². The Morgan fingerprint density at radius 3 is 2.46 bits per heavy atom. The number of nitrogens with zero attached hydrogens (tertiary/aromatic N) is 1. The summed E-state index contributed by atoms with van der Waals surface area (Å²) in [5, 5.41) is 2.72. The van der Waals surface area contributed by atoms with E-state index in [1.54, 1.807) is 24.3 Å². The van der Waals surface area contributed by atoms with E-state index in [1.807, 2.05) is 30.3 Å². The predicted octanol–water partition coefficient (Wildman–Crippen LogP) is 3.15. The summed E-state index contributed by atoms with van der Waals surface area (Å²) in [4.78, 5) is 36.9. The van der Waals surface area contributed by atoms with Crippen LogP contribution in [0.3, 0.4) is 0 Å². The average molecular weight is 370 g/mol. The van der Waals surface area contributed by atoms with Gasteiger partial charge in [-0.3, -0.25) is 14.4 Å². The molecule has 1 heterocycles. The monoisotopic (exact) mass is 370 g/mol. The highest BCUT2D eigenvalue weighted by molar-refractivity contribution is 8.13. The first-order valence-corrected chi connectivity index (χ1v) is 9.13. The number of ether oxygens (including phenoxy) is 1. The van der Waals surface area contributed by atoms with Crippen molar-refractivity contribution in [3.05, 3.63) is 65.7 Å². The van der Waals surface area contributed by atoms with Crippen molar-refractivity contribution in [2.24, 2.45) is 0 Å². The summed E-state index contributed by atoms with van der Waals surface area (Å²) in [6.07, 6.45) is 0. The number of carbonyl (C=O) groups excluding carboxylic acids is 3. The molecule has 1 saturated heterocycles. The normalized spacial score (nSPS) is 13.5. The van der Waals surface area contributed by atoms with E-state index < -0.39 is 5.97 Å².